The molecule has 0 fully saturated rings. The molecule has 1 aliphatic heterocycles. The number of methoxy groups -OCH3 is 1. The van der Waals surface area contributed by atoms with Gasteiger partial charge in [-0.3, -0.25) is 0 Å². The van der Waals surface area contributed by atoms with Gasteiger partial charge in [-0.25, -0.2) is 0 Å². The molecule has 1 N–H and O–H groups in total. The minimum Gasteiger partial charge on any atom is -0.381 e. The first kappa shape index (κ1) is 8.32. The quantitative estimate of drug-likeness (QED) is 0.744. The van der Waals surface area contributed by atoms with Crippen LogP contribution in [0.1, 0.15) is 11.1 Å². The molecule has 2 heteroatoms. The SMILES string of the molecule is COCc1ccc2c(c1)NCC=C2. The van der Waals surface area contributed by atoms with Gasteiger partial charge in [-0.1, -0.05) is 24.3 Å². The fraction of sp³-hybridized carbons (Fsp3) is 0.273. The smallest absolute Gasteiger partial charge is 0.0713 e. The Morgan fingerprint density at radius 2 is 2.38 bits per heavy atom. The zero-order valence-corrected chi connectivity index (χ0v) is 7.71. The van der Waals surface area contributed by atoms with E-state index >= 15 is 0 Å². The number of ether oxygens (including phenoxy) is 1. The molecule has 1 aromatic rings. The fourth-order valence-corrected chi connectivity index (χ4v) is 1.51. The first-order chi connectivity index (χ1) is 6.40. The standard InChI is InChI=1S/C11H13NO/c1-13-8-9-4-5-10-3-2-6-12-11(10)7-9/h2-5,7,12H,6,8H2,1H3. The zero-order valence-electron chi connectivity index (χ0n) is 7.71. The number of hydrogen-bond donors (Lipinski definition) is 1. The zero-order chi connectivity index (χ0) is 9.10. The van der Waals surface area contributed by atoms with Crippen molar-refractivity contribution in [2.75, 3.05) is 19.0 Å². The summed E-state index contributed by atoms with van der Waals surface area (Å²) in [4.78, 5) is 0. The van der Waals surface area contributed by atoms with E-state index < -0.39 is 0 Å². The molecule has 1 aromatic carbocycles. The average Bonchev–Trinajstić information content (AvgIpc) is 2.18. The van der Waals surface area contributed by atoms with Crippen molar-refractivity contribution in [3.63, 3.8) is 0 Å². The Kier molecular flexibility index (Phi) is 2.32. The molecule has 2 rings (SSSR count). The van der Waals surface area contributed by atoms with Crippen molar-refractivity contribution in [2.24, 2.45) is 0 Å². The Morgan fingerprint density at radius 3 is 3.23 bits per heavy atom. The lowest BCUT2D eigenvalue weighted by Crippen LogP contribution is -2.04. The number of benzene rings is 1. The van der Waals surface area contributed by atoms with Crippen molar-refractivity contribution in [1.29, 1.82) is 0 Å². The fourth-order valence-electron chi connectivity index (χ4n) is 1.51. The monoisotopic (exact) mass is 175 g/mol. The normalized spacial score (nSPS) is 13.6. The van der Waals surface area contributed by atoms with Gasteiger partial charge < -0.3 is 10.1 Å². The molecule has 2 nitrogen and oxygen atoms in total. The largest absolute Gasteiger partial charge is 0.381 e. The van der Waals surface area contributed by atoms with Crippen LogP contribution in [-0.4, -0.2) is 13.7 Å². The third kappa shape index (κ3) is 1.73. The van der Waals surface area contributed by atoms with E-state index in [1.807, 2.05) is 0 Å². The summed E-state index contributed by atoms with van der Waals surface area (Å²) >= 11 is 0. The van der Waals surface area contributed by atoms with Crippen LogP contribution >= 0.6 is 0 Å². The number of anilines is 1. The average molecular weight is 175 g/mol. The molecule has 13 heavy (non-hydrogen) atoms. The molecule has 0 unspecified atom stereocenters. The van der Waals surface area contributed by atoms with Gasteiger partial charge in [-0.05, 0) is 17.2 Å². The second-order valence-corrected chi connectivity index (χ2v) is 3.14. The van der Waals surface area contributed by atoms with Crippen LogP contribution in [0.25, 0.3) is 6.08 Å². The number of hydrogen-bond acceptors (Lipinski definition) is 2. The predicted molar refractivity (Wildman–Crippen MR) is 54.7 cm³/mol. The van der Waals surface area contributed by atoms with Crippen LogP contribution in [0.15, 0.2) is 24.3 Å². The molecule has 68 valence electrons. The Bertz CT molecular complexity index is 331. The van der Waals surface area contributed by atoms with E-state index in [2.05, 4.69) is 35.7 Å². The van der Waals surface area contributed by atoms with E-state index in [9.17, 15) is 0 Å². The molecule has 0 atom stereocenters. The van der Waals surface area contributed by atoms with Gasteiger partial charge in [0.1, 0.15) is 0 Å². The van der Waals surface area contributed by atoms with Crippen LogP contribution in [-0.2, 0) is 11.3 Å². The maximum atomic E-state index is 5.07. The summed E-state index contributed by atoms with van der Waals surface area (Å²) in [6, 6.07) is 6.36. The lowest BCUT2D eigenvalue weighted by Gasteiger charge is -2.13. The summed E-state index contributed by atoms with van der Waals surface area (Å²) < 4.78 is 5.07. The molecular formula is C11H13NO. The van der Waals surface area contributed by atoms with Gasteiger partial charge in [0.2, 0.25) is 0 Å². The van der Waals surface area contributed by atoms with E-state index in [1.165, 1.54) is 16.8 Å². The van der Waals surface area contributed by atoms with Gasteiger partial charge in [-0.2, -0.15) is 0 Å². The van der Waals surface area contributed by atoms with E-state index in [0.29, 0.717) is 6.61 Å². The third-order valence-corrected chi connectivity index (χ3v) is 2.14. The molecule has 1 heterocycles. The van der Waals surface area contributed by atoms with Crippen LogP contribution in [0.4, 0.5) is 5.69 Å². The maximum absolute atomic E-state index is 5.07. The van der Waals surface area contributed by atoms with E-state index in [1.54, 1.807) is 7.11 Å². The Balaban J connectivity index is 2.31. The lowest BCUT2D eigenvalue weighted by molar-refractivity contribution is 0.185. The number of rotatable bonds is 2. The van der Waals surface area contributed by atoms with Crippen LogP contribution < -0.4 is 5.32 Å². The predicted octanol–water partition coefficient (Wildman–Crippen LogP) is 2.27. The minimum atomic E-state index is 0.679. The van der Waals surface area contributed by atoms with Crippen LogP contribution in [0.2, 0.25) is 0 Å². The van der Waals surface area contributed by atoms with Crippen molar-refractivity contribution in [2.45, 2.75) is 6.61 Å². The molecule has 0 aliphatic carbocycles. The minimum absolute atomic E-state index is 0.679. The van der Waals surface area contributed by atoms with Crippen LogP contribution in [0, 0.1) is 0 Å². The van der Waals surface area contributed by atoms with Crippen LogP contribution in [0.5, 0.6) is 0 Å². The molecule has 0 radical (unpaired) electrons. The molecule has 0 saturated carbocycles. The molecule has 1 aliphatic rings. The van der Waals surface area contributed by atoms with Crippen molar-refractivity contribution in [3.05, 3.63) is 35.4 Å². The Labute approximate surface area is 78.2 Å². The van der Waals surface area contributed by atoms with Gasteiger partial charge in [0.25, 0.3) is 0 Å². The topological polar surface area (TPSA) is 21.3 Å². The van der Waals surface area contributed by atoms with Crippen molar-refractivity contribution < 1.29 is 4.74 Å². The van der Waals surface area contributed by atoms with Crippen molar-refractivity contribution >= 4 is 11.8 Å². The molecule has 0 saturated heterocycles. The molecule has 0 spiro atoms. The summed E-state index contributed by atoms with van der Waals surface area (Å²) in [5, 5.41) is 3.32. The highest BCUT2D eigenvalue weighted by atomic mass is 16.5. The Hall–Kier alpha value is -1.28. The summed E-state index contributed by atoms with van der Waals surface area (Å²) in [5.41, 5.74) is 3.67. The van der Waals surface area contributed by atoms with E-state index in [4.69, 9.17) is 4.74 Å². The molecule has 0 bridgehead atoms. The van der Waals surface area contributed by atoms with Gasteiger partial charge in [0.15, 0.2) is 0 Å². The van der Waals surface area contributed by atoms with Gasteiger partial charge in [0.05, 0.1) is 6.61 Å². The second-order valence-electron chi connectivity index (χ2n) is 3.14. The molecule has 0 aromatic heterocycles. The molecular weight excluding hydrogens is 162 g/mol. The third-order valence-electron chi connectivity index (χ3n) is 2.14. The maximum Gasteiger partial charge on any atom is 0.0713 e. The van der Waals surface area contributed by atoms with Crippen molar-refractivity contribution in [3.8, 4) is 0 Å². The number of nitrogens with one attached hydrogen (secondary N) is 1. The van der Waals surface area contributed by atoms with Crippen LogP contribution in [0.3, 0.4) is 0 Å². The van der Waals surface area contributed by atoms with Gasteiger partial charge in [0, 0.05) is 19.3 Å². The van der Waals surface area contributed by atoms with Crippen molar-refractivity contribution in [1.82, 2.24) is 0 Å². The summed E-state index contributed by atoms with van der Waals surface area (Å²) in [5.74, 6) is 0. The second kappa shape index (κ2) is 3.62. The molecule has 0 amide bonds. The highest BCUT2D eigenvalue weighted by molar-refractivity contribution is 5.70. The highest BCUT2D eigenvalue weighted by Crippen LogP contribution is 2.22. The lowest BCUT2D eigenvalue weighted by atomic mass is 10.1. The summed E-state index contributed by atoms with van der Waals surface area (Å²) in [7, 11) is 1.72. The first-order valence-electron chi connectivity index (χ1n) is 4.42. The Morgan fingerprint density at radius 1 is 1.46 bits per heavy atom. The number of fused-ring (bicyclic) bond motifs is 1. The highest BCUT2D eigenvalue weighted by Gasteiger charge is 2.03. The summed E-state index contributed by atoms with van der Waals surface area (Å²) in [6.45, 7) is 1.60. The van der Waals surface area contributed by atoms with Gasteiger partial charge >= 0.3 is 0 Å². The first-order valence-corrected chi connectivity index (χ1v) is 4.42. The van der Waals surface area contributed by atoms with E-state index in [-0.39, 0.29) is 0 Å². The summed E-state index contributed by atoms with van der Waals surface area (Å²) in [6.07, 6.45) is 4.26. The van der Waals surface area contributed by atoms with E-state index in [0.717, 1.165) is 6.54 Å². The van der Waals surface area contributed by atoms with Gasteiger partial charge in [-0.15, -0.1) is 0 Å².